The fraction of sp³-hybridized carbons (Fsp3) is 1.00. The van der Waals surface area contributed by atoms with Crippen molar-refractivity contribution in [2.45, 2.75) is 186 Å². The summed E-state index contributed by atoms with van der Waals surface area (Å²) in [6.45, 7) is 39.0. The second-order valence-electron chi connectivity index (χ2n) is 8.72. The Hall–Kier alpha value is -0.0400. The van der Waals surface area contributed by atoms with Crippen molar-refractivity contribution in [2.24, 2.45) is 35.5 Å². The van der Waals surface area contributed by atoms with Gasteiger partial charge in [0.2, 0.25) is 0 Å². The van der Waals surface area contributed by atoms with Crippen LogP contribution in [0.4, 0.5) is 0 Å². The van der Waals surface area contributed by atoms with E-state index in [9.17, 15) is 0 Å². The summed E-state index contributed by atoms with van der Waals surface area (Å²) < 4.78 is 0. The van der Waals surface area contributed by atoms with Crippen molar-refractivity contribution < 1.29 is 0 Å². The van der Waals surface area contributed by atoms with E-state index < -0.39 is 0 Å². The number of likely N-dealkylation sites (tertiary alicyclic amines) is 1. The van der Waals surface area contributed by atoms with Gasteiger partial charge in [-0.1, -0.05) is 140 Å². The van der Waals surface area contributed by atoms with Crippen molar-refractivity contribution >= 4 is 0 Å². The molecule has 1 saturated carbocycles. The van der Waals surface area contributed by atoms with Crippen LogP contribution in [0.5, 0.6) is 0 Å². The Morgan fingerprint density at radius 2 is 0.486 bits per heavy atom. The summed E-state index contributed by atoms with van der Waals surface area (Å²) in [6.07, 6.45) is 4.29. The normalized spacial score (nSPS) is 29.9. The Labute approximate surface area is 233 Å². The fourth-order valence-corrected chi connectivity index (χ4v) is 4.26. The fourth-order valence-electron chi connectivity index (χ4n) is 4.26. The second-order valence-corrected chi connectivity index (χ2v) is 8.72. The van der Waals surface area contributed by atoms with E-state index in [0.717, 1.165) is 47.6 Å². The molecule has 35 heavy (non-hydrogen) atoms. The van der Waals surface area contributed by atoms with E-state index in [-0.39, 0.29) is 29.7 Å². The van der Waals surface area contributed by atoms with E-state index in [0.29, 0.717) is 0 Å². The molecule has 0 N–H and O–H groups in total. The van der Waals surface area contributed by atoms with Crippen LogP contribution in [0.15, 0.2) is 0 Å². The predicted molar refractivity (Wildman–Crippen MR) is 179 cm³/mol. The molecule has 1 saturated heterocycles. The second kappa shape index (κ2) is 41.1. The number of piperidine rings is 1. The summed E-state index contributed by atoms with van der Waals surface area (Å²) in [6, 6.07) is 1.53. The van der Waals surface area contributed by atoms with Crippen LogP contribution in [0.25, 0.3) is 0 Å². The monoisotopic (exact) mass is 510 g/mol. The maximum absolute atomic E-state index is 2.51. The molecular formula is C34H87N. The minimum Gasteiger partial charge on any atom is -0.300 e. The molecule has 0 aromatic heterocycles. The lowest BCUT2D eigenvalue weighted by molar-refractivity contribution is 0.0519. The molecule has 0 unspecified atom stereocenters. The standard InChI is InChI=1S/C10H21N.C10H20.5C2H6.4CH4/c1-7-6-8(2)10(4)11(5)9(7)3;1-7-5-9(3)10(4)6-8(7)2;5*1-2;;;;/h7-10H,6H2,1-5H3;7-10H,5-6H2,1-4H3;5*1-2H3;4*1H4/t7-,8+,9-,10+;7-,8+,9+,10-;;;;;;;;;. The van der Waals surface area contributed by atoms with Gasteiger partial charge in [-0.15, -0.1) is 0 Å². The first kappa shape index (κ1) is 59.8. The van der Waals surface area contributed by atoms with E-state index in [1.807, 2.05) is 69.2 Å². The van der Waals surface area contributed by atoms with Crippen molar-refractivity contribution in [1.82, 2.24) is 4.90 Å². The number of hydrogen-bond acceptors (Lipinski definition) is 1. The molecule has 0 aromatic carbocycles. The lowest BCUT2D eigenvalue weighted by Gasteiger charge is -2.44. The SMILES string of the molecule is C.C.C.C.CC.CC.CC.CC.CC.C[C@@H]1C[C@H](C)[C@H](C)C[C@@H]1C.C[C@@H]1C[C@H](C)[C@H](C)N(C)[C@@H]1C. The zero-order valence-corrected chi connectivity index (χ0v) is 26.2. The minimum absolute atomic E-state index is 0. The Morgan fingerprint density at radius 1 is 0.343 bits per heavy atom. The highest BCUT2D eigenvalue weighted by atomic mass is 15.2. The highest BCUT2D eigenvalue weighted by molar-refractivity contribution is 4.85. The molecule has 8 atom stereocenters. The largest absolute Gasteiger partial charge is 0.300 e. The molecule has 0 amide bonds. The highest BCUT2D eigenvalue weighted by Crippen LogP contribution is 2.36. The maximum Gasteiger partial charge on any atom is 0.00925 e. The lowest BCUT2D eigenvalue weighted by atomic mass is 9.71. The third-order valence-electron chi connectivity index (χ3n) is 7.11. The molecule has 2 fully saturated rings. The van der Waals surface area contributed by atoms with Gasteiger partial charge in [0.1, 0.15) is 0 Å². The van der Waals surface area contributed by atoms with Gasteiger partial charge in [-0.25, -0.2) is 0 Å². The van der Waals surface area contributed by atoms with Crippen LogP contribution >= 0.6 is 0 Å². The van der Waals surface area contributed by atoms with E-state index in [1.54, 1.807) is 0 Å². The van der Waals surface area contributed by atoms with Crippen molar-refractivity contribution in [3.05, 3.63) is 0 Å². The van der Waals surface area contributed by atoms with Gasteiger partial charge in [-0.2, -0.15) is 0 Å². The van der Waals surface area contributed by atoms with Gasteiger partial charge < -0.3 is 4.90 Å². The van der Waals surface area contributed by atoms with Gasteiger partial charge in [-0.3, -0.25) is 0 Å². The number of nitrogens with zero attached hydrogens (tertiary/aromatic N) is 1. The average Bonchev–Trinajstić information content (AvgIpc) is 2.82. The summed E-state index contributed by atoms with van der Waals surface area (Å²) >= 11 is 0. The van der Waals surface area contributed by atoms with Crippen LogP contribution in [0.1, 0.15) is 174 Å². The molecule has 228 valence electrons. The minimum atomic E-state index is 0. The topological polar surface area (TPSA) is 3.24 Å². The first-order chi connectivity index (χ1) is 14.6. The molecule has 0 aromatic rings. The van der Waals surface area contributed by atoms with Crippen LogP contribution < -0.4 is 0 Å². The van der Waals surface area contributed by atoms with Crippen LogP contribution in [-0.2, 0) is 0 Å². The van der Waals surface area contributed by atoms with E-state index in [1.165, 1.54) is 19.3 Å². The quantitative estimate of drug-likeness (QED) is 0.314. The highest BCUT2D eigenvalue weighted by Gasteiger charge is 2.31. The van der Waals surface area contributed by atoms with Crippen LogP contribution in [0.2, 0.25) is 0 Å². The van der Waals surface area contributed by atoms with E-state index in [4.69, 9.17) is 0 Å². The van der Waals surface area contributed by atoms with E-state index in [2.05, 4.69) is 67.3 Å². The molecule has 0 bridgehead atoms. The van der Waals surface area contributed by atoms with Crippen LogP contribution in [0, 0.1) is 35.5 Å². The van der Waals surface area contributed by atoms with Gasteiger partial charge in [0.05, 0.1) is 0 Å². The lowest BCUT2D eigenvalue weighted by Crippen LogP contribution is -2.48. The zero-order valence-electron chi connectivity index (χ0n) is 26.2. The third kappa shape index (κ3) is 26.8. The summed E-state index contributed by atoms with van der Waals surface area (Å²) in [5.41, 5.74) is 0. The number of hydrogen-bond donors (Lipinski definition) is 0. The van der Waals surface area contributed by atoms with Crippen molar-refractivity contribution in [2.75, 3.05) is 7.05 Å². The van der Waals surface area contributed by atoms with Gasteiger partial charge in [0.25, 0.3) is 0 Å². The molecule has 0 radical (unpaired) electrons. The zero-order chi connectivity index (χ0) is 26.3. The summed E-state index contributed by atoms with van der Waals surface area (Å²) in [5, 5.41) is 0. The summed E-state index contributed by atoms with van der Waals surface area (Å²) in [7, 11) is 2.25. The van der Waals surface area contributed by atoms with Crippen molar-refractivity contribution in [3.8, 4) is 0 Å². The molecule has 1 nitrogen and oxygen atoms in total. The molecule has 0 spiro atoms. The van der Waals surface area contributed by atoms with Gasteiger partial charge in [0.15, 0.2) is 0 Å². The Kier molecular flexibility index (Phi) is 70.3. The molecule has 1 aliphatic carbocycles. The van der Waals surface area contributed by atoms with E-state index >= 15 is 0 Å². The molecule has 2 rings (SSSR count). The summed E-state index contributed by atoms with van der Waals surface area (Å²) in [4.78, 5) is 2.51. The van der Waals surface area contributed by atoms with Gasteiger partial charge in [0, 0.05) is 12.1 Å². The smallest absolute Gasteiger partial charge is 0.00925 e. The average molecular weight is 510 g/mol. The van der Waals surface area contributed by atoms with Gasteiger partial charge >= 0.3 is 0 Å². The van der Waals surface area contributed by atoms with Crippen LogP contribution in [-0.4, -0.2) is 24.0 Å². The Balaban J connectivity index is -0.0000000375. The Morgan fingerprint density at radius 3 is 0.657 bits per heavy atom. The molecule has 1 heteroatoms. The van der Waals surface area contributed by atoms with Gasteiger partial charge in [-0.05, 0) is 75.7 Å². The molecule has 1 aliphatic heterocycles. The van der Waals surface area contributed by atoms with Crippen molar-refractivity contribution in [3.63, 3.8) is 0 Å². The Bertz CT molecular complexity index is 261. The third-order valence-corrected chi connectivity index (χ3v) is 7.11. The first-order valence-corrected chi connectivity index (χ1v) is 14.4. The molecule has 2 aliphatic rings. The number of rotatable bonds is 0. The predicted octanol–water partition coefficient (Wildman–Crippen LogP) is 13.4. The van der Waals surface area contributed by atoms with Crippen molar-refractivity contribution in [1.29, 1.82) is 0 Å². The molecule has 1 heterocycles. The van der Waals surface area contributed by atoms with Crippen LogP contribution in [0.3, 0.4) is 0 Å². The first-order valence-electron chi connectivity index (χ1n) is 14.4. The molecular weight excluding hydrogens is 422 g/mol. The maximum atomic E-state index is 2.51. The summed E-state index contributed by atoms with van der Waals surface area (Å²) in [5.74, 6) is 5.59.